The molecule has 0 saturated heterocycles. The van der Waals surface area contributed by atoms with Gasteiger partial charge in [-0.15, -0.1) is 0 Å². The number of rotatable bonds is 7. The molecule has 1 unspecified atom stereocenters. The maximum atomic E-state index is 13.2. The number of alkyl halides is 3. The second-order valence-corrected chi connectivity index (χ2v) is 9.37. The molecule has 2 aliphatic rings. The summed E-state index contributed by atoms with van der Waals surface area (Å²) in [5.74, 6) is -0.265. The topological polar surface area (TPSA) is 88.1 Å². The molecule has 3 amide bonds. The molecule has 188 valence electrons. The van der Waals surface area contributed by atoms with Crippen molar-refractivity contribution in [3.8, 4) is 5.69 Å². The summed E-state index contributed by atoms with van der Waals surface area (Å²) >= 11 is 0. The lowest BCUT2D eigenvalue weighted by molar-refractivity contribution is -0.137. The summed E-state index contributed by atoms with van der Waals surface area (Å²) in [4.78, 5) is 25.1. The van der Waals surface area contributed by atoms with E-state index >= 15 is 0 Å². The molecule has 1 aromatic heterocycles. The molecule has 1 heterocycles. The summed E-state index contributed by atoms with van der Waals surface area (Å²) < 4.78 is 41.1. The van der Waals surface area contributed by atoms with Crippen LogP contribution in [0.15, 0.2) is 54.7 Å². The van der Waals surface area contributed by atoms with Crippen molar-refractivity contribution in [1.82, 2.24) is 20.4 Å². The normalized spacial score (nSPS) is 16.3. The highest BCUT2D eigenvalue weighted by Crippen LogP contribution is 2.43. The van der Waals surface area contributed by atoms with Crippen molar-refractivity contribution in [2.75, 3.05) is 5.32 Å². The molecule has 2 saturated carbocycles. The molecule has 0 bridgehead atoms. The van der Waals surface area contributed by atoms with E-state index in [1.807, 2.05) is 19.1 Å². The number of nitrogens with one attached hydrogen (secondary N) is 3. The number of halogens is 3. The lowest BCUT2D eigenvalue weighted by atomic mass is 10.1. The van der Waals surface area contributed by atoms with E-state index in [9.17, 15) is 22.8 Å². The summed E-state index contributed by atoms with van der Waals surface area (Å²) in [6.07, 6.45) is 0.661. The molecule has 0 aliphatic heterocycles. The van der Waals surface area contributed by atoms with E-state index in [-0.39, 0.29) is 35.6 Å². The number of hydrogen-bond acceptors (Lipinski definition) is 3. The summed E-state index contributed by atoms with van der Waals surface area (Å²) in [5.41, 5.74) is 1.98. The van der Waals surface area contributed by atoms with Crippen LogP contribution in [0.1, 0.15) is 71.7 Å². The van der Waals surface area contributed by atoms with Gasteiger partial charge in [-0.3, -0.25) is 4.79 Å². The zero-order valence-corrected chi connectivity index (χ0v) is 19.6. The van der Waals surface area contributed by atoms with Gasteiger partial charge >= 0.3 is 12.2 Å². The molecule has 7 nitrogen and oxygen atoms in total. The van der Waals surface area contributed by atoms with E-state index in [1.54, 1.807) is 18.2 Å². The first-order chi connectivity index (χ1) is 17.2. The summed E-state index contributed by atoms with van der Waals surface area (Å²) in [6.45, 7) is 1.84. The minimum absolute atomic E-state index is 0.0743. The Labute approximate surface area is 206 Å². The van der Waals surface area contributed by atoms with E-state index in [0.29, 0.717) is 16.9 Å². The third-order valence-electron chi connectivity index (χ3n) is 6.36. The quantitative estimate of drug-likeness (QED) is 0.400. The molecule has 1 atom stereocenters. The number of aromatic nitrogens is 2. The van der Waals surface area contributed by atoms with Crippen molar-refractivity contribution < 1.29 is 22.8 Å². The Balaban J connectivity index is 1.30. The van der Waals surface area contributed by atoms with Crippen LogP contribution in [0.2, 0.25) is 0 Å². The molecule has 2 aromatic carbocycles. The Hall–Kier alpha value is -3.82. The number of benzene rings is 2. The third-order valence-corrected chi connectivity index (χ3v) is 6.36. The molecular formula is C26H26F3N5O2. The van der Waals surface area contributed by atoms with Gasteiger partial charge in [-0.2, -0.15) is 18.3 Å². The van der Waals surface area contributed by atoms with E-state index < -0.39 is 11.7 Å². The highest BCUT2D eigenvalue weighted by atomic mass is 19.4. The van der Waals surface area contributed by atoms with Gasteiger partial charge in [-0.25, -0.2) is 9.48 Å². The Morgan fingerprint density at radius 1 is 1.06 bits per heavy atom. The first-order valence-electron chi connectivity index (χ1n) is 11.9. The SMILES string of the molecule is CC(NC(=O)c1cnn(-c2cccc(C(F)(F)F)c2)c1C1CC1)c1ccc(NC(=O)NC2CC2)cc1. The van der Waals surface area contributed by atoms with Crippen molar-refractivity contribution in [3.63, 3.8) is 0 Å². The number of amides is 3. The maximum Gasteiger partial charge on any atom is 0.416 e. The maximum absolute atomic E-state index is 13.2. The summed E-state index contributed by atoms with van der Waals surface area (Å²) in [6, 6.07) is 11.8. The predicted molar refractivity (Wildman–Crippen MR) is 128 cm³/mol. The van der Waals surface area contributed by atoms with E-state index in [2.05, 4.69) is 21.0 Å². The standard InChI is InChI=1S/C26H26F3N5O2/c1-15(16-7-9-19(10-8-16)32-25(36)33-20-11-12-20)31-24(35)22-14-30-34(23(22)17-5-6-17)21-4-2-3-18(13-21)26(27,28)29/h2-4,7-10,13-15,17,20H,5-6,11-12H2,1H3,(H,31,35)(H2,32,33,36). The molecule has 10 heteroatoms. The van der Waals surface area contributed by atoms with Crippen LogP contribution in [0.25, 0.3) is 5.69 Å². The van der Waals surface area contributed by atoms with Crippen molar-refractivity contribution in [3.05, 3.63) is 77.1 Å². The highest BCUT2D eigenvalue weighted by Gasteiger charge is 2.35. The van der Waals surface area contributed by atoms with Gasteiger partial charge in [0.15, 0.2) is 0 Å². The second-order valence-electron chi connectivity index (χ2n) is 9.37. The molecule has 3 N–H and O–H groups in total. The fraction of sp³-hybridized carbons (Fsp3) is 0.346. The minimum atomic E-state index is -4.47. The van der Waals surface area contributed by atoms with Crippen molar-refractivity contribution in [2.45, 2.75) is 56.8 Å². The fourth-order valence-corrected chi connectivity index (χ4v) is 4.10. The van der Waals surface area contributed by atoms with E-state index in [0.717, 1.165) is 43.4 Å². The van der Waals surface area contributed by atoms with E-state index in [1.165, 1.54) is 16.9 Å². The fourth-order valence-electron chi connectivity index (χ4n) is 4.10. The number of hydrogen-bond donors (Lipinski definition) is 3. The molecule has 3 aromatic rings. The van der Waals surface area contributed by atoms with Crippen molar-refractivity contribution in [2.24, 2.45) is 0 Å². The predicted octanol–water partition coefficient (Wildman–Crippen LogP) is 5.54. The third kappa shape index (κ3) is 5.37. The number of nitrogens with zero attached hydrogens (tertiary/aromatic N) is 2. The average Bonchev–Trinajstić information content (AvgIpc) is 3.78. The van der Waals surface area contributed by atoms with Gasteiger partial charge in [-0.1, -0.05) is 18.2 Å². The lowest BCUT2D eigenvalue weighted by Crippen LogP contribution is -2.30. The van der Waals surface area contributed by atoms with Gasteiger partial charge < -0.3 is 16.0 Å². The Morgan fingerprint density at radius 3 is 2.42 bits per heavy atom. The zero-order valence-electron chi connectivity index (χ0n) is 19.6. The molecule has 0 spiro atoms. The smallest absolute Gasteiger partial charge is 0.345 e. The van der Waals surface area contributed by atoms with Gasteiger partial charge in [0.05, 0.1) is 34.7 Å². The van der Waals surface area contributed by atoms with Crippen molar-refractivity contribution in [1.29, 1.82) is 0 Å². The van der Waals surface area contributed by atoms with Crippen molar-refractivity contribution >= 4 is 17.6 Å². The van der Waals surface area contributed by atoms with Crippen LogP contribution in [0.4, 0.5) is 23.7 Å². The van der Waals surface area contributed by atoms with Gasteiger partial charge in [0.1, 0.15) is 0 Å². The molecule has 5 rings (SSSR count). The number of anilines is 1. The van der Waals surface area contributed by atoms with Crippen LogP contribution in [0.5, 0.6) is 0 Å². The van der Waals surface area contributed by atoms with Crippen LogP contribution in [0.3, 0.4) is 0 Å². The average molecular weight is 498 g/mol. The van der Waals surface area contributed by atoms with Gasteiger partial charge in [0, 0.05) is 17.6 Å². The molecule has 0 radical (unpaired) electrons. The van der Waals surface area contributed by atoms with Gasteiger partial charge in [0.25, 0.3) is 5.91 Å². The largest absolute Gasteiger partial charge is 0.416 e. The van der Waals surface area contributed by atoms with Crippen LogP contribution >= 0.6 is 0 Å². The van der Waals surface area contributed by atoms with Gasteiger partial charge in [0.2, 0.25) is 0 Å². The first kappa shape index (κ1) is 23.9. The number of urea groups is 1. The molecular weight excluding hydrogens is 471 g/mol. The van der Waals surface area contributed by atoms with Crippen LogP contribution in [-0.4, -0.2) is 27.8 Å². The van der Waals surface area contributed by atoms with Crippen LogP contribution in [-0.2, 0) is 6.18 Å². The Bertz CT molecular complexity index is 1280. The minimum Gasteiger partial charge on any atom is -0.345 e. The zero-order chi connectivity index (χ0) is 25.4. The molecule has 2 fully saturated rings. The van der Waals surface area contributed by atoms with Crippen LogP contribution in [0, 0.1) is 0 Å². The van der Waals surface area contributed by atoms with Gasteiger partial charge in [-0.05, 0) is 68.5 Å². The van der Waals surface area contributed by atoms with E-state index in [4.69, 9.17) is 0 Å². The lowest BCUT2D eigenvalue weighted by Gasteiger charge is -2.16. The number of carbonyl (C=O) groups excluding carboxylic acids is 2. The Kier molecular flexibility index (Phi) is 6.19. The summed E-state index contributed by atoms with van der Waals surface area (Å²) in [7, 11) is 0. The number of carbonyl (C=O) groups is 2. The molecule has 36 heavy (non-hydrogen) atoms. The highest BCUT2D eigenvalue weighted by molar-refractivity contribution is 5.96. The molecule has 2 aliphatic carbocycles. The van der Waals surface area contributed by atoms with Crippen LogP contribution < -0.4 is 16.0 Å². The summed E-state index contributed by atoms with van der Waals surface area (Å²) in [5, 5.41) is 12.9. The monoisotopic (exact) mass is 497 g/mol. The first-order valence-corrected chi connectivity index (χ1v) is 11.9. The Morgan fingerprint density at radius 2 is 1.78 bits per heavy atom. The second kappa shape index (κ2) is 9.33.